The van der Waals surface area contributed by atoms with E-state index in [9.17, 15) is 18.4 Å². The number of benzene rings is 3. The van der Waals surface area contributed by atoms with Gasteiger partial charge in [-0.05, 0) is 65.4 Å². The lowest BCUT2D eigenvalue weighted by Gasteiger charge is -2.36. The summed E-state index contributed by atoms with van der Waals surface area (Å²) in [6, 6.07) is 16.1. The number of hydrogen-bond donors (Lipinski definition) is 1. The van der Waals surface area contributed by atoms with E-state index in [2.05, 4.69) is 26.1 Å². The van der Waals surface area contributed by atoms with Crippen LogP contribution in [0.15, 0.2) is 71.7 Å². The van der Waals surface area contributed by atoms with Crippen molar-refractivity contribution >= 4 is 17.8 Å². The smallest absolute Gasteiger partial charge is 0.326 e. The topological polar surface area (TPSA) is 74.2 Å². The maximum absolute atomic E-state index is 14.3. The van der Waals surface area contributed by atoms with Gasteiger partial charge in [-0.15, -0.1) is 0 Å². The summed E-state index contributed by atoms with van der Waals surface area (Å²) >= 11 is 0. The predicted molar refractivity (Wildman–Crippen MR) is 153 cm³/mol. The minimum atomic E-state index is -0.690. The van der Waals surface area contributed by atoms with E-state index in [-0.39, 0.29) is 17.9 Å². The molecular weight excluding hydrogens is 526 g/mol. The number of amidine groups is 1. The van der Waals surface area contributed by atoms with Crippen LogP contribution in [0.25, 0.3) is 0 Å². The molecule has 3 aromatic carbocycles. The monoisotopic (exact) mass is 560 g/mol. The van der Waals surface area contributed by atoms with Crippen molar-refractivity contribution < 1.29 is 23.1 Å². The van der Waals surface area contributed by atoms with Gasteiger partial charge in [0, 0.05) is 13.1 Å². The van der Waals surface area contributed by atoms with E-state index in [1.165, 1.54) is 29.2 Å². The van der Waals surface area contributed by atoms with E-state index in [1.807, 2.05) is 25.1 Å². The molecule has 2 heterocycles. The molecule has 41 heavy (non-hydrogen) atoms. The number of carbonyl (C=O) groups is 2. The van der Waals surface area contributed by atoms with Crippen LogP contribution < -0.4 is 10.1 Å². The minimum Gasteiger partial charge on any atom is -0.493 e. The second-order valence-electron chi connectivity index (χ2n) is 11.3. The highest BCUT2D eigenvalue weighted by Gasteiger charge is 2.45. The number of aliphatic imine (C=N–C) groups is 1. The van der Waals surface area contributed by atoms with Crippen LogP contribution in [0.5, 0.6) is 5.75 Å². The van der Waals surface area contributed by atoms with Crippen molar-refractivity contribution in [2.75, 3.05) is 26.2 Å². The number of rotatable bonds is 5. The first-order chi connectivity index (χ1) is 19.6. The van der Waals surface area contributed by atoms with Gasteiger partial charge in [-0.25, -0.2) is 13.6 Å². The average Bonchev–Trinajstić information content (AvgIpc) is 3.33. The van der Waals surface area contributed by atoms with E-state index in [1.54, 1.807) is 29.2 Å². The van der Waals surface area contributed by atoms with Crippen LogP contribution in [0.2, 0.25) is 0 Å². The van der Waals surface area contributed by atoms with E-state index in [4.69, 9.17) is 9.73 Å². The Hall–Kier alpha value is -4.27. The summed E-state index contributed by atoms with van der Waals surface area (Å²) in [5.74, 6) is -0.106. The summed E-state index contributed by atoms with van der Waals surface area (Å²) in [6.07, 6.45) is 0. The number of halogens is 2. The van der Waals surface area contributed by atoms with E-state index in [0.717, 1.165) is 5.56 Å². The van der Waals surface area contributed by atoms with E-state index in [0.29, 0.717) is 48.0 Å². The zero-order chi connectivity index (χ0) is 29.3. The molecule has 0 bridgehead atoms. The minimum absolute atomic E-state index is 0.0960. The van der Waals surface area contributed by atoms with Crippen molar-refractivity contribution in [3.8, 4) is 5.75 Å². The largest absolute Gasteiger partial charge is 0.493 e. The Kier molecular flexibility index (Phi) is 7.80. The Labute approximate surface area is 238 Å². The number of amides is 3. The lowest BCUT2D eigenvalue weighted by molar-refractivity contribution is -0.123. The first-order valence-corrected chi connectivity index (χ1v) is 13.8. The fourth-order valence-electron chi connectivity index (χ4n) is 5.26. The van der Waals surface area contributed by atoms with Gasteiger partial charge >= 0.3 is 6.03 Å². The first kappa shape index (κ1) is 28.3. The van der Waals surface area contributed by atoms with Gasteiger partial charge in [-0.1, -0.05) is 51.1 Å². The lowest BCUT2D eigenvalue weighted by Crippen LogP contribution is -2.55. The van der Waals surface area contributed by atoms with Crippen LogP contribution in [-0.2, 0) is 10.2 Å². The Morgan fingerprint density at radius 3 is 2.22 bits per heavy atom. The average molecular weight is 561 g/mol. The number of ether oxygens (including phenoxy) is 1. The van der Waals surface area contributed by atoms with Crippen molar-refractivity contribution in [2.24, 2.45) is 4.99 Å². The first-order valence-electron chi connectivity index (χ1n) is 13.8. The lowest BCUT2D eigenvalue weighted by atomic mass is 9.86. The molecule has 0 spiro atoms. The molecule has 0 aliphatic carbocycles. The number of piperazine rings is 1. The van der Waals surface area contributed by atoms with Gasteiger partial charge < -0.3 is 15.0 Å². The maximum atomic E-state index is 14.3. The summed E-state index contributed by atoms with van der Waals surface area (Å²) in [5.41, 5.74) is 2.87. The molecule has 5 rings (SSSR count). The third kappa shape index (κ3) is 5.80. The molecule has 2 atom stereocenters. The molecule has 0 saturated carbocycles. The number of urea groups is 1. The Balaban J connectivity index is 1.71. The van der Waals surface area contributed by atoms with Crippen molar-refractivity contribution in [1.29, 1.82) is 0 Å². The number of hydrogen-bond acceptors (Lipinski definition) is 4. The van der Waals surface area contributed by atoms with Crippen LogP contribution >= 0.6 is 0 Å². The van der Waals surface area contributed by atoms with E-state index < -0.39 is 29.7 Å². The van der Waals surface area contributed by atoms with Gasteiger partial charge in [-0.2, -0.15) is 0 Å². The fraction of sp³-hybridized carbons (Fsp3) is 0.344. The molecular formula is C32H34F2N4O3. The quantitative estimate of drug-likeness (QED) is 0.432. The van der Waals surface area contributed by atoms with Crippen LogP contribution in [0, 0.1) is 11.6 Å². The van der Waals surface area contributed by atoms with Crippen molar-refractivity contribution in [2.45, 2.75) is 45.2 Å². The van der Waals surface area contributed by atoms with Crippen LogP contribution in [0.3, 0.4) is 0 Å². The molecule has 0 radical (unpaired) electrons. The number of nitrogens with zero attached hydrogens (tertiary/aromatic N) is 3. The highest BCUT2D eigenvalue weighted by molar-refractivity contribution is 6.11. The highest BCUT2D eigenvalue weighted by atomic mass is 19.1. The second-order valence-corrected chi connectivity index (χ2v) is 11.3. The highest BCUT2D eigenvalue weighted by Crippen LogP contribution is 2.45. The molecule has 0 unspecified atom stereocenters. The van der Waals surface area contributed by atoms with Gasteiger partial charge in [0.05, 0.1) is 18.2 Å². The number of carbonyl (C=O) groups excluding carboxylic acids is 2. The second kappa shape index (κ2) is 11.3. The predicted octanol–water partition coefficient (Wildman–Crippen LogP) is 5.76. The molecule has 1 N–H and O–H groups in total. The molecule has 1 fully saturated rings. The summed E-state index contributed by atoms with van der Waals surface area (Å²) in [4.78, 5) is 34.7. The molecule has 2 aliphatic heterocycles. The molecule has 0 aromatic heterocycles. The SMILES string of the molecule is CCOc1cc(C(C)(C)C)ccc1C1=N[C@@H](c2ccc(F)cc2)[C@@H](c2ccc(F)cc2)N1C(=O)N1CCNC(=O)C1. The number of nitrogens with one attached hydrogen (secondary N) is 1. The van der Waals surface area contributed by atoms with Crippen LogP contribution in [0.1, 0.15) is 62.0 Å². The molecule has 3 aromatic rings. The van der Waals surface area contributed by atoms with Gasteiger partial charge in [0.1, 0.15) is 35.8 Å². The molecule has 7 nitrogen and oxygen atoms in total. The fourth-order valence-corrected chi connectivity index (χ4v) is 5.26. The van der Waals surface area contributed by atoms with Crippen LogP contribution in [-0.4, -0.2) is 53.8 Å². The Morgan fingerprint density at radius 1 is 1.00 bits per heavy atom. The normalized spacial score (nSPS) is 19.2. The molecule has 9 heteroatoms. The van der Waals surface area contributed by atoms with Gasteiger partial charge in [-0.3, -0.25) is 14.7 Å². The van der Waals surface area contributed by atoms with E-state index >= 15 is 0 Å². The van der Waals surface area contributed by atoms with Gasteiger partial charge in [0.2, 0.25) is 5.91 Å². The molecule has 2 aliphatic rings. The Morgan fingerprint density at radius 2 is 1.63 bits per heavy atom. The van der Waals surface area contributed by atoms with Crippen molar-refractivity contribution in [3.05, 3.63) is 101 Å². The standard InChI is InChI=1S/C32H34F2N4O3/c1-5-41-26-18-22(32(2,3)4)10-15-25(26)30-36-28(20-6-11-23(33)12-7-20)29(21-8-13-24(34)14-9-21)38(30)31(40)37-17-16-35-27(39)19-37/h6-15,18,28-29H,5,16-17,19H2,1-4H3,(H,35,39)/t28-,29+/m0/s1. The van der Waals surface area contributed by atoms with Gasteiger partial charge in [0.15, 0.2) is 0 Å². The maximum Gasteiger partial charge on any atom is 0.326 e. The molecule has 1 saturated heterocycles. The van der Waals surface area contributed by atoms with Crippen molar-refractivity contribution in [1.82, 2.24) is 15.1 Å². The summed E-state index contributed by atoms with van der Waals surface area (Å²) in [6.45, 7) is 9.18. The Bertz CT molecular complexity index is 1470. The van der Waals surface area contributed by atoms with Crippen LogP contribution in [0.4, 0.5) is 13.6 Å². The van der Waals surface area contributed by atoms with Gasteiger partial charge in [0.25, 0.3) is 0 Å². The van der Waals surface area contributed by atoms with Crippen molar-refractivity contribution in [3.63, 3.8) is 0 Å². The zero-order valence-corrected chi connectivity index (χ0v) is 23.7. The summed E-state index contributed by atoms with van der Waals surface area (Å²) < 4.78 is 34.0. The summed E-state index contributed by atoms with van der Waals surface area (Å²) in [5, 5.41) is 2.76. The summed E-state index contributed by atoms with van der Waals surface area (Å²) in [7, 11) is 0. The zero-order valence-electron chi connectivity index (χ0n) is 23.7. The molecule has 214 valence electrons. The molecule has 3 amide bonds. The third-order valence-electron chi connectivity index (χ3n) is 7.39. The third-order valence-corrected chi connectivity index (χ3v) is 7.39.